The third-order valence-electron chi connectivity index (χ3n) is 4.95. The zero-order valence-corrected chi connectivity index (χ0v) is 17.7. The molecule has 0 aliphatic heterocycles. The van der Waals surface area contributed by atoms with Crippen molar-refractivity contribution in [1.29, 1.82) is 0 Å². The van der Waals surface area contributed by atoms with Gasteiger partial charge in [0.25, 0.3) is 5.91 Å². The molecule has 2 heterocycles. The Labute approximate surface area is 176 Å². The number of anilines is 1. The van der Waals surface area contributed by atoms with Gasteiger partial charge in [0, 0.05) is 49.4 Å². The molecule has 0 spiro atoms. The standard InChI is InChI=1S/C23H26FN5O/c1-15-22(17-6-8-21(25)27-14-17)18(9-10-26-15)16-5-7-20(24)19(13-16)23(30)29(4)12-11-28(2)3/h5-10,13-14H,11-12H2,1-4H3,(H2,25,27). The molecular weight excluding hydrogens is 381 g/mol. The number of hydrogen-bond acceptors (Lipinski definition) is 5. The van der Waals surface area contributed by atoms with Crippen LogP contribution in [0.1, 0.15) is 16.1 Å². The molecule has 7 heteroatoms. The van der Waals surface area contributed by atoms with Gasteiger partial charge in [-0.15, -0.1) is 0 Å². The molecule has 1 aromatic carbocycles. The average molecular weight is 407 g/mol. The molecule has 3 aromatic rings. The summed E-state index contributed by atoms with van der Waals surface area (Å²) >= 11 is 0. The maximum atomic E-state index is 14.5. The molecule has 156 valence electrons. The van der Waals surface area contributed by atoms with Crippen LogP contribution < -0.4 is 5.73 Å². The highest BCUT2D eigenvalue weighted by Crippen LogP contribution is 2.34. The van der Waals surface area contributed by atoms with Crippen molar-refractivity contribution in [3.05, 3.63) is 65.9 Å². The number of aromatic nitrogens is 2. The number of pyridine rings is 2. The van der Waals surface area contributed by atoms with Gasteiger partial charge in [-0.2, -0.15) is 0 Å². The molecule has 0 aliphatic carbocycles. The van der Waals surface area contributed by atoms with Crippen LogP contribution in [0.5, 0.6) is 0 Å². The number of rotatable bonds is 6. The molecule has 0 bridgehead atoms. The number of nitrogens with two attached hydrogens (primary N) is 1. The van der Waals surface area contributed by atoms with Crippen molar-refractivity contribution in [3.8, 4) is 22.3 Å². The molecular formula is C23H26FN5O. The predicted octanol–water partition coefficient (Wildman–Crippen LogP) is 3.47. The largest absolute Gasteiger partial charge is 0.384 e. The van der Waals surface area contributed by atoms with Crippen LogP contribution in [-0.4, -0.2) is 59.9 Å². The van der Waals surface area contributed by atoms with Crippen molar-refractivity contribution in [2.24, 2.45) is 0 Å². The summed E-state index contributed by atoms with van der Waals surface area (Å²) in [4.78, 5) is 24.9. The van der Waals surface area contributed by atoms with Gasteiger partial charge in [-0.3, -0.25) is 9.78 Å². The van der Waals surface area contributed by atoms with Crippen LogP contribution in [0.4, 0.5) is 10.2 Å². The first-order chi connectivity index (χ1) is 14.3. The molecule has 0 unspecified atom stereocenters. The van der Waals surface area contributed by atoms with E-state index in [1.54, 1.807) is 37.6 Å². The van der Waals surface area contributed by atoms with E-state index in [9.17, 15) is 9.18 Å². The second-order valence-electron chi connectivity index (χ2n) is 7.52. The Bertz CT molecular complexity index is 1050. The topological polar surface area (TPSA) is 75.4 Å². The van der Waals surface area contributed by atoms with Gasteiger partial charge in [-0.1, -0.05) is 6.07 Å². The fraction of sp³-hybridized carbons (Fsp3) is 0.261. The highest BCUT2D eigenvalue weighted by atomic mass is 19.1. The van der Waals surface area contributed by atoms with E-state index in [0.717, 1.165) is 27.9 Å². The zero-order chi connectivity index (χ0) is 21.8. The van der Waals surface area contributed by atoms with Crippen LogP contribution in [0.15, 0.2) is 48.8 Å². The Kier molecular flexibility index (Phi) is 6.42. The number of aryl methyl sites for hydroxylation is 1. The maximum Gasteiger partial charge on any atom is 0.256 e. The van der Waals surface area contributed by atoms with Crippen molar-refractivity contribution in [1.82, 2.24) is 19.8 Å². The first kappa shape index (κ1) is 21.4. The quantitative estimate of drug-likeness (QED) is 0.677. The van der Waals surface area contributed by atoms with Crippen LogP contribution in [0.3, 0.4) is 0 Å². The van der Waals surface area contributed by atoms with E-state index in [4.69, 9.17) is 5.73 Å². The first-order valence-electron chi connectivity index (χ1n) is 9.65. The fourth-order valence-corrected chi connectivity index (χ4v) is 3.24. The van der Waals surface area contributed by atoms with Gasteiger partial charge < -0.3 is 15.5 Å². The summed E-state index contributed by atoms with van der Waals surface area (Å²) in [7, 11) is 5.54. The van der Waals surface area contributed by atoms with E-state index in [1.807, 2.05) is 38.1 Å². The van der Waals surface area contributed by atoms with E-state index < -0.39 is 5.82 Å². The van der Waals surface area contributed by atoms with Crippen LogP contribution in [-0.2, 0) is 0 Å². The maximum absolute atomic E-state index is 14.5. The molecule has 1 amide bonds. The molecule has 0 fully saturated rings. The van der Waals surface area contributed by atoms with E-state index in [1.165, 1.54) is 11.0 Å². The lowest BCUT2D eigenvalue weighted by molar-refractivity contribution is 0.0781. The van der Waals surface area contributed by atoms with Gasteiger partial charge in [-0.25, -0.2) is 9.37 Å². The van der Waals surface area contributed by atoms with Crippen molar-refractivity contribution in [2.75, 3.05) is 40.0 Å². The number of carbonyl (C=O) groups excluding carboxylic acids is 1. The molecule has 2 aromatic heterocycles. The van der Waals surface area contributed by atoms with Gasteiger partial charge in [0.2, 0.25) is 0 Å². The van der Waals surface area contributed by atoms with Crippen molar-refractivity contribution < 1.29 is 9.18 Å². The highest BCUT2D eigenvalue weighted by molar-refractivity contribution is 5.96. The van der Waals surface area contributed by atoms with Crippen molar-refractivity contribution in [2.45, 2.75) is 6.92 Å². The molecule has 0 radical (unpaired) electrons. The Balaban J connectivity index is 2.04. The Morgan fingerprint density at radius 2 is 1.77 bits per heavy atom. The van der Waals surface area contributed by atoms with Crippen molar-refractivity contribution in [3.63, 3.8) is 0 Å². The second-order valence-corrected chi connectivity index (χ2v) is 7.52. The normalized spacial score (nSPS) is 11.0. The van der Waals surface area contributed by atoms with E-state index >= 15 is 0 Å². The van der Waals surface area contributed by atoms with Crippen LogP contribution in [0, 0.1) is 12.7 Å². The summed E-state index contributed by atoms with van der Waals surface area (Å²) in [6.07, 6.45) is 3.39. The smallest absolute Gasteiger partial charge is 0.256 e. The lowest BCUT2D eigenvalue weighted by Crippen LogP contribution is -2.34. The van der Waals surface area contributed by atoms with Crippen LogP contribution in [0.2, 0.25) is 0 Å². The predicted molar refractivity (Wildman–Crippen MR) is 118 cm³/mol. The number of benzene rings is 1. The monoisotopic (exact) mass is 407 g/mol. The number of amides is 1. The van der Waals surface area contributed by atoms with Crippen LogP contribution in [0.25, 0.3) is 22.3 Å². The Hall–Kier alpha value is -3.32. The van der Waals surface area contributed by atoms with Gasteiger partial charge in [0.1, 0.15) is 11.6 Å². The van der Waals surface area contributed by atoms with Crippen molar-refractivity contribution >= 4 is 11.7 Å². The minimum atomic E-state index is -0.540. The average Bonchev–Trinajstić information content (AvgIpc) is 2.72. The summed E-state index contributed by atoms with van der Waals surface area (Å²) in [6, 6.07) is 10.1. The summed E-state index contributed by atoms with van der Waals surface area (Å²) in [5, 5.41) is 0. The molecule has 2 N–H and O–H groups in total. The minimum Gasteiger partial charge on any atom is -0.384 e. The third-order valence-corrected chi connectivity index (χ3v) is 4.95. The molecule has 6 nitrogen and oxygen atoms in total. The number of nitrogen functional groups attached to an aromatic ring is 1. The van der Waals surface area contributed by atoms with E-state index in [0.29, 0.717) is 18.9 Å². The lowest BCUT2D eigenvalue weighted by Gasteiger charge is -2.20. The summed E-state index contributed by atoms with van der Waals surface area (Å²) in [5.74, 6) is -0.461. The third kappa shape index (κ3) is 4.63. The second kappa shape index (κ2) is 9.00. The molecule has 3 rings (SSSR count). The number of carbonyl (C=O) groups is 1. The van der Waals surface area contributed by atoms with Gasteiger partial charge in [0.15, 0.2) is 0 Å². The van der Waals surface area contributed by atoms with Crippen LogP contribution >= 0.6 is 0 Å². The fourth-order valence-electron chi connectivity index (χ4n) is 3.24. The summed E-state index contributed by atoms with van der Waals surface area (Å²) in [5.41, 5.74) is 9.87. The molecule has 30 heavy (non-hydrogen) atoms. The number of nitrogens with zero attached hydrogens (tertiary/aromatic N) is 4. The summed E-state index contributed by atoms with van der Waals surface area (Å²) in [6.45, 7) is 3.10. The van der Waals surface area contributed by atoms with Gasteiger partial charge >= 0.3 is 0 Å². The number of likely N-dealkylation sites (N-methyl/N-ethyl adjacent to an activating group) is 2. The zero-order valence-electron chi connectivity index (χ0n) is 17.7. The highest BCUT2D eigenvalue weighted by Gasteiger charge is 2.19. The number of halogens is 1. The Morgan fingerprint density at radius 1 is 1.03 bits per heavy atom. The lowest BCUT2D eigenvalue weighted by atomic mass is 9.93. The van der Waals surface area contributed by atoms with E-state index in [-0.39, 0.29) is 11.5 Å². The first-order valence-corrected chi connectivity index (χ1v) is 9.65. The molecule has 0 saturated heterocycles. The molecule has 0 aliphatic rings. The van der Waals surface area contributed by atoms with E-state index in [2.05, 4.69) is 9.97 Å². The minimum absolute atomic E-state index is 0.0459. The number of hydrogen-bond donors (Lipinski definition) is 1. The van der Waals surface area contributed by atoms with Gasteiger partial charge in [-0.05, 0) is 62.5 Å². The molecule has 0 saturated carbocycles. The summed E-state index contributed by atoms with van der Waals surface area (Å²) < 4.78 is 14.5. The Morgan fingerprint density at radius 3 is 2.43 bits per heavy atom. The molecule has 0 atom stereocenters. The van der Waals surface area contributed by atoms with Gasteiger partial charge in [0.05, 0.1) is 5.56 Å². The SMILES string of the molecule is Cc1nccc(-c2ccc(F)c(C(=O)N(C)CCN(C)C)c2)c1-c1ccc(N)nc1.